The predicted octanol–water partition coefficient (Wildman–Crippen LogP) is 5.09. The minimum Gasteiger partial charge on any atom is -0.494 e. The fourth-order valence-electron chi connectivity index (χ4n) is 1.48. The normalized spacial score (nSPS) is 11.5. The molecule has 0 unspecified atom stereocenters. The minimum absolute atomic E-state index is 0.00484. The molecule has 0 bridgehead atoms. The molecule has 0 aromatic heterocycles. The highest BCUT2D eigenvalue weighted by atomic mass is 79.9. The summed E-state index contributed by atoms with van der Waals surface area (Å²) in [6.07, 6.45) is 1.85. The summed E-state index contributed by atoms with van der Waals surface area (Å²) in [5.41, 5.74) is -0.00484. The number of alkyl halides is 2. The zero-order valence-corrected chi connectivity index (χ0v) is 13.0. The highest BCUT2D eigenvalue weighted by Gasteiger charge is 2.26. The summed E-state index contributed by atoms with van der Waals surface area (Å²) in [6.45, 7) is 2.76. The van der Waals surface area contributed by atoms with Crippen molar-refractivity contribution in [2.24, 2.45) is 5.41 Å². The number of halogens is 3. The van der Waals surface area contributed by atoms with Crippen molar-refractivity contribution in [3.63, 3.8) is 0 Å². The Balaban J connectivity index is 2.46. The second-order valence-corrected chi connectivity index (χ2v) is 5.63. The average molecular weight is 340 g/mol. The van der Waals surface area contributed by atoms with Gasteiger partial charge in [0.25, 0.3) is 0 Å². The van der Waals surface area contributed by atoms with Crippen molar-refractivity contribution in [3.8, 4) is 5.75 Å². The lowest BCUT2D eigenvalue weighted by molar-refractivity contribution is 0.228. The molecule has 0 aliphatic rings. The third kappa shape index (κ3) is 4.69. The number of benzene rings is 1. The zero-order chi connectivity index (χ0) is 12.7. The van der Waals surface area contributed by atoms with Crippen molar-refractivity contribution in [1.29, 1.82) is 0 Å². The van der Waals surface area contributed by atoms with Crippen molar-refractivity contribution in [1.82, 2.24) is 0 Å². The Kier molecular flexibility index (Phi) is 6.68. The molecule has 17 heavy (non-hydrogen) atoms. The van der Waals surface area contributed by atoms with Crippen LogP contribution in [0, 0.1) is 5.41 Å². The molecule has 0 saturated carbocycles. The van der Waals surface area contributed by atoms with Gasteiger partial charge in [-0.2, -0.15) is 0 Å². The topological polar surface area (TPSA) is 9.23 Å². The molecule has 96 valence electrons. The maximum atomic E-state index is 5.98. The second kappa shape index (κ2) is 7.50. The van der Waals surface area contributed by atoms with E-state index in [2.05, 4.69) is 22.9 Å². The molecule has 0 aliphatic carbocycles. The third-order valence-electron chi connectivity index (χ3n) is 3.01. The molecule has 0 fully saturated rings. The molecule has 0 saturated heterocycles. The smallest absolute Gasteiger partial charge is 0.120 e. The van der Waals surface area contributed by atoms with Crippen LogP contribution >= 0.6 is 39.1 Å². The van der Waals surface area contributed by atoms with Crippen molar-refractivity contribution >= 4 is 39.1 Å². The van der Waals surface area contributed by atoms with Gasteiger partial charge in [-0.15, -0.1) is 23.2 Å². The number of ether oxygens (including phenoxy) is 1. The van der Waals surface area contributed by atoms with Crippen LogP contribution in [0.25, 0.3) is 0 Å². The van der Waals surface area contributed by atoms with Crippen LogP contribution < -0.4 is 4.74 Å². The van der Waals surface area contributed by atoms with Crippen molar-refractivity contribution in [2.45, 2.75) is 19.8 Å². The summed E-state index contributed by atoms with van der Waals surface area (Å²) in [7, 11) is 0. The van der Waals surface area contributed by atoms with Gasteiger partial charge in [-0.1, -0.05) is 28.9 Å². The van der Waals surface area contributed by atoms with Gasteiger partial charge < -0.3 is 4.74 Å². The van der Waals surface area contributed by atoms with Gasteiger partial charge in [0.1, 0.15) is 5.75 Å². The van der Waals surface area contributed by atoms with Crippen LogP contribution in [0.5, 0.6) is 5.75 Å². The van der Waals surface area contributed by atoms with Crippen LogP contribution in [0.1, 0.15) is 19.8 Å². The number of hydrogen-bond donors (Lipinski definition) is 0. The highest BCUT2D eigenvalue weighted by Crippen LogP contribution is 2.30. The Morgan fingerprint density at radius 1 is 1.29 bits per heavy atom. The first-order chi connectivity index (χ1) is 8.15. The van der Waals surface area contributed by atoms with Gasteiger partial charge in [-0.05, 0) is 31.0 Å². The molecule has 0 spiro atoms. The highest BCUT2D eigenvalue weighted by molar-refractivity contribution is 9.10. The molecular weight excluding hydrogens is 323 g/mol. The molecule has 0 atom stereocenters. The summed E-state index contributed by atoms with van der Waals surface area (Å²) in [4.78, 5) is 0. The van der Waals surface area contributed by atoms with E-state index in [9.17, 15) is 0 Å². The summed E-state index contributed by atoms with van der Waals surface area (Å²) in [5, 5.41) is 0. The molecule has 0 radical (unpaired) electrons. The van der Waals surface area contributed by atoms with Crippen molar-refractivity contribution < 1.29 is 4.74 Å². The molecule has 0 amide bonds. The van der Waals surface area contributed by atoms with E-state index < -0.39 is 0 Å². The Bertz CT molecular complexity index is 332. The van der Waals surface area contributed by atoms with Crippen LogP contribution in [0.4, 0.5) is 0 Å². The first-order valence-electron chi connectivity index (χ1n) is 5.66. The lowest BCUT2D eigenvalue weighted by atomic mass is 9.86. The molecule has 1 aromatic carbocycles. The molecule has 1 rings (SSSR count). The first kappa shape index (κ1) is 15.1. The third-order valence-corrected chi connectivity index (χ3v) is 4.64. The molecular formula is C13H17BrCl2O. The standard InChI is InChI=1S/C13H17BrCl2O/c1-2-13(9-15,10-16)6-7-17-12-5-3-4-11(14)8-12/h3-5,8H,2,6-7,9-10H2,1H3. The maximum Gasteiger partial charge on any atom is 0.120 e. The summed E-state index contributed by atoms with van der Waals surface area (Å²) in [5.74, 6) is 2.03. The van der Waals surface area contributed by atoms with Gasteiger partial charge in [0.2, 0.25) is 0 Å². The molecule has 4 heteroatoms. The van der Waals surface area contributed by atoms with E-state index in [4.69, 9.17) is 27.9 Å². The van der Waals surface area contributed by atoms with E-state index in [1.807, 2.05) is 24.3 Å². The number of hydrogen-bond acceptors (Lipinski definition) is 1. The largest absolute Gasteiger partial charge is 0.494 e. The molecule has 0 aliphatic heterocycles. The van der Waals surface area contributed by atoms with E-state index in [0.717, 1.165) is 23.1 Å². The van der Waals surface area contributed by atoms with E-state index in [1.165, 1.54) is 0 Å². The van der Waals surface area contributed by atoms with E-state index >= 15 is 0 Å². The van der Waals surface area contributed by atoms with Crippen LogP contribution in [0.2, 0.25) is 0 Å². The predicted molar refractivity (Wildman–Crippen MR) is 78.4 cm³/mol. The fraction of sp³-hybridized carbons (Fsp3) is 0.538. The van der Waals surface area contributed by atoms with Gasteiger partial charge >= 0.3 is 0 Å². The van der Waals surface area contributed by atoms with Crippen LogP contribution in [-0.2, 0) is 0 Å². The molecule has 1 nitrogen and oxygen atoms in total. The average Bonchev–Trinajstić information content (AvgIpc) is 2.35. The Labute approximate surface area is 122 Å². The lowest BCUT2D eigenvalue weighted by Crippen LogP contribution is -2.26. The SMILES string of the molecule is CCC(CCl)(CCl)CCOc1cccc(Br)c1. The zero-order valence-electron chi connectivity index (χ0n) is 9.89. The van der Waals surface area contributed by atoms with Gasteiger partial charge in [0.05, 0.1) is 6.61 Å². The Hall–Kier alpha value is 0.0800. The van der Waals surface area contributed by atoms with Crippen LogP contribution in [0.3, 0.4) is 0 Å². The number of rotatable bonds is 7. The second-order valence-electron chi connectivity index (χ2n) is 4.18. The summed E-state index contributed by atoms with van der Waals surface area (Å²) >= 11 is 15.4. The van der Waals surface area contributed by atoms with Gasteiger partial charge in [0.15, 0.2) is 0 Å². The van der Waals surface area contributed by atoms with Crippen molar-refractivity contribution in [2.75, 3.05) is 18.4 Å². The maximum absolute atomic E-state index is 5.98. The molecule has 0 heterocycles. The summed E-state index contributed by atoms with van der Waals surface area (Å²) in [6, 6.07) is 7.82. The summed E-state index contributed by atoms with van der Waals surface area (Å²) < 4.78 is 6.72. The van der Waals surface area contributed by atoms with Crippen LogP contribution in [0.15, 0.2) is 28.7 Å². The van der Waals surface area contributed by atoms with Gasteiger partial charge in [-0.3, -0.25) is 0 Å². The van der Waals surface area contributed by atoms with Crippen LogP contribution in [-0.4, -0.2) is 18.4 Å². The van der Waals surface area contributed by atoms with Crippen molar-refractivity contribution in [3.05, 3.63) is 28.7 Å². The Morgan fingerprint density at radius 3 is 2.53 bits per heavy atom. The monoisotopic (exact) mass is 338 g/mol. The Morgan fingerprint density at radius 2 is 2.00 bits per heavy atom. The van der Waals surface area contributed by atoms with Gasteiger partial charge in [0, 0.05) is 21.6 Å². The molecule has 1 aromatic rings. The fourth-order valence-corrected chi connectivity index (χ4v) is 2.79. The van der Waals surface area contributed by atoms with E-state index in [-0.39, 0.29) is 5.41 Å². The first-order valence-corrected chi connectivity index (χ1v) is 7.52. The lowest BCUT2D eigenvalue weighted by Gasteiger charge is -2.27. The van der Waals surface area contributed by atoms with E-state index in [0.29, 0.717) is 18.4 Å². The molecule has 0 N–H and O–H groups in total. The van der Waals surface area contributed by atoms with E-state index in [1.54, 1.807) is 0 Å². The minimum atomic E-state index is -0.00484. The van der Waals surface area contributed by atoms with Gasteiger partial charge in [-0.25, -0.2) is 0 Å². The quantitative estimate of drug-likeness (QED) is 0.628.